The van der Waals surface area contributed by atoms with Gasteiger partial charge in [-0.05, 0) is 26.0 Å². The standard InChI is InChI=1S/C15H16Cl2N4O3/c1-8(2)21-12(3-4-19-21)20-13(22)7-24-15(23)10-5-9(16)6-11(17)14(10)18/h3-6,8H,7,18H2,1-2H3,(H,20,22). The van der Waals surface area contributed by atoms with Crippen molar-refractivity contribution in [1.82, 2.24) is 9.78 Å². The van der Waals surface area contributed by atoms with E-state index >= 15 is 0 Å². The highest BCUT2D eigenvalue weighted by molar-refractivity contribution is 6.37. The van der Waals surface area contributed by atoms with Crippen LogP contribution in [-0.2, 0) is 9.53 Å². The van der Waals surface area contributed by atoms with Crippen LogP contribution in [0.3, 0.4) is 0 Å². The number of nitrogens with zero attached hydrogens (tertiary/aromatic N) is 2. The quantitative estimate of drug-likeness (QED) is 0.621. The van der Waals surface area contributed by atoms with Crippen LogP contribution in [0.5, 0.6) is 0 Å². The molecule has 0 spiro atoms. The van der Waals surface area contributed by atoms with E-state index in [9.17, 15) is 9.59 Å². The summed E-state index contributed by atoms with van der Waals surface area (Å²) >= 11 is 11.7. The molecule has 1 aromatic carbocycles. The predicted molar refractivity (Wildman–Crippen MR) is 92.4 cm³/mol. The van der Waals surface area contributed by atoms with Gasteiger partial charge in [-0.2, -0.15) is 5.10 Å². The molecule has 0 fully saturated rings. The highest BCUT2D eigenvalue weighted by atomic mass is 35.5. The van der Waals surface area contributed by atoms with Crippen molar-refractivity contribution >= 4 is 46.6 Å². The van der Waals surface area contributed by atoms with Gasteiger partial charge in [0.05, 0.1) is 22.5 Å². The molecule has 2 rings (SSSR count). The lowest BCUT2D eigenvalue weighted by atomic mass is 10.2. The summed E-state index contributed by atoms with van der Waals surface area (Å²) in [6.45, 7) is 3.37. The zero-order chi connectivity index (χ0) is 17.9. The van der Waals surface area contributed by atoms with Crippen LogP contribution in [0, 0.1) is 0 Å². The molecule has 0 atom stereocenters. The minimum absolute atomic E-state index is 0.00697. The van der Waals surface area contributed by atoms with Crippen LogP contribution in [0.2, 0.25) is 10.0 Å². The molecule has 24 heavy (non-hydrogen) atoms. The number of nitrogens with two attached hydrogens (primary N) is 1. The average molecular weight is 371 g/mol. The van der Waals surface area contributed by atoms with Crippen molar-refractivity contribution < 1.29 is 14.3 Å². The number of esters is 1. The molecule has 0 aliphatic carbocycles. The molecule has 9 heteroatoms. The molecular weight excluding hydrogens is 355 g/mol. The number of carbonyl (C=O) groups excluding carboxylic acids is 2. The average Bonchev–Trinajstić information content (AvgIpc) is 2.96. The van der Waals surface area contributed by atoms with E-state index in [1.807, 2.05) is 13.8 Å². The fourth-order valence-electron chi connectivity index (χ4n) is 1.97. The molecule has 0 aliphatic rings. The third kappa shape index (κ3) is 4.18. The van der Waals surface area contributed by atoms with Crippen molar-refractivity contribution in [2.24, 2.45) is 0 Å². The number of amides is 1. The first-order valence-corrected chi connectivity index (χ1v) is 7.80. The molecule has 0 saturated carbocycles. The Morgan fingerprint density at radius 3 is 2.75 bits per heavy atom. The number of ether oxygens (including phenoxy) is 1. The summed E-state index contributed by atoms with van der Waals surface area (Å²) in [5.74, 6) is -0.779. The minimum Gasteiger partial charge on any atom is -0.452 e. The molecule has 128 valence electrons. The summed E-state index contributed by atoms with van der Waals surface area (Å²) in [7, 11) is 0. The maximum atomic E-state index is 12.0. The second-order valence-corrected chi connectivity index (χ2v) is 6.07. The van der Waals surface area contributed by atoms with Crippen LogP contribution >= 0.6 is 23.2 Å². The Balaban J connectivity index is 1.99. The minimum atomic E-state index is -0.788. The molecule has 1 amide bonds. The Morgan fingerprint density at radius 2 is 2.08 bits per heavy atom. The second-order valence-electron chi connectivity index (χ2n) is 5.23. The van der Waals surface area contributed by atoms with Gasteiger partial charge in [-0.25, -0.2) is 9.48 Å². The fraction of sp³-hybridized carbons (Fsp3) is 0.267. The molecular formula is C15H16Cl2N4O3. The Kier molecular flexibility index (Phi) is 5.69. The lowest BCUT2D eigenvalue weighted by Crippen LogP contribution is -2.23. The normalized spacial score (nSPS) is 10.7. The van der Waals surface area contributed by atoms with Gasteiger partial charge in [-0.1, -0.05) is 23.2 Å². The summed E-state index contributed by atoms with van der Waals surface area (Å²) in [5.41, 5.74) is 5.77. The van der Waals surface area contributed by atoms with Crippen LogP contribution in [-0.4, -0.2) is 28.3 Å². The van der Waals surface area contributed by atoms with E-state index in [0.29, 0.717) is 5.82 Å². The zero-order valence-electron chi connectivity index (χ0n) is 13.0. The highest BCUT2D eigenvalue weighted by Crippen LogP contribution is 2.28. The van der Waals surface area contributed by atoms with Gasteiger partial charge in [0.1, 0.15) is 5.82 Å². The van der Waals surface area contributed by atoms with Gasteiger partial charge in [0, 0.05) is 17.1 Å². The molecule has 0 bridgehead atoms. The number of carbonyl (C=O) groups is 2. The van der Waals surface area contributed by atoms with E-state index in [1.165, 1.54) is 12.1 Å². The number of anilines is 2. The number of hydrogen-bond donors (Lipinski definition) is 2. The van der Waals surface area contributed by atoms with Crippen LogP contribution in [0.15, 0.2) is 24.4 Å². The number of hydrogen-bond acceptors (Lipinski definition) is 5. The second kappa shape index (κ2) is 7.55. The van der Waals surface area contributed by atoms with Crippen molar-refractivity contribution in [2.45, 2.75) is 19.9 Å². The molecule has 0 unspecified atom stereocenters. The SMILES string of the molecule is CC(C)n1nccc1NC(=O)COC(=O)c1cc(Cl)cc(Cl)c1N. The van der Waals surface area contributed by atoms with Gasteiger partial charge in [-0.15, -0.1) is 0 Å². The number of nitrogen functional groups attached to an aromatic ring is 1. The van der Waals surface area contributed by atoms with E-state index in [0.717, 1.165) is 0 Å². The third-order valence-electron chi connectivity index (χ3n) is 3.08. The monoisotopic (exact) mass is 370 g/mol. The van der Waals surface area contributed by atoms with E-state index in [4.69, 9.17) is 33.7 Å². The van der Waals surface area contributed by atoms with E-state index in [2.05, 4.69) is 10.4 Å². The van der Waals surface area contributed by atoms with Gasteiger partial charge in [0.25, 0.3) is 5.91 Å². The molecule has 0 radical (unpaired) electrons. The van der Waals surface area contributed by atoms with Crippen molar-refractivity contribution in [3.63, 3.8) is 0 Å². The largest absolute Gasteiger partial charge is 0.452 e. The summed E-state index contributed by atoms with van der Waals surface area (Å²) in [5, 5.41) is 7.09. The smallest absolute Gasteiger partial charge is 0.340 e. The molecule has 3 N–H and O–H groups in total. The van der Waals surface area contributed by atoms with Crippen LogP contribution in [0.25, 0.3) is 0 Å². The Hall–Kier alpha value is -2.25. The van der Waals surface area contributed by atoms with Gasteiger partial charge in [0.2, 0.25) is 0 Å². The maximum absolute atomic E-state index is 12.0. The topological polar surface area (TPSA) is 99.2 Å². The summed E-state index contributed by atoms with van der Waals surface area (Å²) < 4.78 is 6.59. The van der Waals surface area contributed by atoms with Crippen molar-refractivity contribution in [1.29, 1.82) is 0 Å². The zero-order valence-corrected chi connectivity index (χ0v) is 14.6. The number of benzene rings is 1. The Bertz CT molecular complexity index is 774. The van der Waals surface area contributed by atoms with E-state index in [-0.39, 0.29) is 27.3 Å². The first-order valence-electron chi connectivity index (χ1n) is 7.04. The number of aromatic nitrogens is 2. The molecule has 2 aromatic rings. The van der Waals surface area contributed by atoms with Crippen molar-refractivity contribution in [3.8, 4) is 0 Å². The maximum Gasteiger partial charge on any atom is 0.340 e. The first-order chi connectivity index (χ1) is 11.3. The van der Waals surface area contributed by atoms with Gasteiger partial charge in [-0.3, -0.25) is 4.79 Å². The lowest BCUT2D eigenvalue weighted by Gasteiger charge is -2.12. The van der Waals surface area contributed by atoms with Crippen LogP contribution in [0.4, 0.5) is 11.5 Å². The predicted octanol–water partition coefficient (Wildman–Crippen LogP) is 3.15. The summed E-state index contributed by atoms with van der Waals surface area (Å²) in [4.78, 5) is 24.0. The molecule has 1 heterocycles. The van der Waals surface area contributed by atoms with Gasteiger partial charge >= 0.3 is 5.97 Å². The summed E-state index contributed by atoms with van der Waals surface area (Å²) in [6.07, 6.45) is 1.57. The van der Waals surface area contributed by atoms with Crippen molar-refractivity contribution in [3.05, 3.63) is 40.0 Å². The Morgan fingerprint density at radius 1 is 1.38 bits per heavy atom. The number of nitrogens with one attached hydrogen (secondary N) is 1. The lowest BCUT2D eigenvalue weighted by molar-refractivity contribution is -0.119. The molecule has 0 aliphatic heterocycles. The highest BCUT2D eigenvalue weighted by Gasteiger charge is 2.17. The van der Waals surface area contributed by atoms with Gasteiger partial charge < -0.3 is 15.8 Å². The molecule has 7 nitrogen and oxygen atoms in total. The van der Waals surface area contributed by atoms with Crippen molar-refractivity contribution in [2.75, 3.05) is 17.7 Å². The third-order valence-corrected chi connectivity index (χ3v) is 3.61. The summed E-state index contributed by atoms with van der Waals surface area (Å²) in [6, 6.07) is 4.46. The van der Waals surface area contributed by atoms with E-state index < -0.39 is 18.5 Å². The van der Waals surface area contributed by atoms with E-state index in [1.54, 1.807) is 16.9 Å². The van der Waals surface area contributed by atoms with Gasteiger partial charge in [0.15, 0.2) is 6.61 Å². The number of rotatable bonds is 5. The van der Waals surface area contributed by atoms with Crippen LogP contribution in [0.1, 0.15) is 30.2 Å². The Labute approximate surface area is 148 Å². The van der Waals surface area contributed by atoms with Crippen LogP contribution < -0.4 is 11.1 Å². The number of halogens is 2. The molecule has 0 saturated heterocycles. The molecule has 1 aromatic heterocycles. The first kappa shape index (κ1) is 18.1. The fourth-order valence-corrected chi connectivity index (χ4v) is 2.46.